The summed E-state index contributed by atoms with van der Waals surface area (Å²) in [7, 11) is 1.51. The van der Waals surface area contributed by atoms with Crippen molar-refractivity contribution in [3.63, 3.8) is 0 Å². The zero-order valence-electron chi connectivity index (χ0n) is 11.1. The summed E-state index contributed by atoms with van der Waals surface area (Å²) in [6, 6.07) is 7.78. The van der Waals surface area contributed by atoms with Gasteiger partial charge in [-0.15, -0.1) is 16.4 Å². The maximum Gasteiger partial charge on any atom is 0.270 e. The lowest BCUT2D eigenvalue weighted by Gasteiger charge is -2.17. The molecule has 2 heterocycles. The Morgan fingerprint density at radius 3 is 2.81 bits per heavy atom. The summed E-state index contributed by atoms with van der Waals surface area (Å²) < 4.78 is 13.8. The van der Waals surface area contributed by atoms with Gasteiger partial charge in [-0.1, -0.05) is 12.1 Å². The molecule has 0 spiro atoms. The van der Waals surface area contributed by atoms with Crippen molar-refractivity contribution in [1.82, 2.24) is 10.2 Å². The van der Waals surface area contributed by atoms with E-state index in [0.717, 1.165) is 11.3 Å². The molecule has 3 rings (SSSR count). The number of aromatic nitrogens is 2. The van der Waals surface area contributed by atoms with E-state index < -0.39 is 5.82 Å². The number of thiophene rings is 1. The Morgan fingerprint density at radius 2 is 2.10 bits per heavy atom. The Hall–Kier alpha value is -2.54. The molecule has 0 aliphatic carbocycles. The second-order valence-corrected chi connectivity index (χ2v) is 5.41. The standard InChI is InChI=1S/C14H11FN4OS/c1-19(10-5-3-2-4-9(10)15)14(20)12-11(16)8-6-7-17-18-13(8)21-12/h2-7H,16H2,1H3. The van der Waals surface area contributed by atoms with E-state index in [1.807, 2.05) is 0 Å². The number of hydrogen-bond donors (Lipinski definition) is 1. The summed E-state index contributed by atoms with van der Waals surface area (Å²) in [5.74, 6) is -0.839. The molecule has 3 aromatic rings. The van der Waals surface area contributed by atoms with Crippen molar-refractivity contribution in [3.8, 4) is 0 Å². The molecule has 0 saturated carbocycles. The van der Waals surface area contributed by atoms with Gasteiger partial charge in [-0.2, -0.15) is 5.10 Å². The first-order valence-corrected chi connectivity index (χ1v) is 6.93. The molecule has 2 N–H and O–H groups in total. The lowest BCUT2D eigenvalue weighted by Crippen LogP contribution is -2.26. The number of carbonyl (C=O) groups is 1. The molecule has 0 radical (unpaired) electrons. The van der Waals surface area contributed by atoms with E-state index in [1.165, 1.54) is 30.3 Å². The predicted molar refractivity (Wildman–Crippen MR) is 81.0 cm³/mol. The minimum Gasteiger partial charge on any atom is -0.397 e. The van der Waals surface area contributed by atoms with Crippen molar-refractivity contribution in [2.45, 2.75) is 0 Å². The van der Waals surface area contributed by atoms with E-state index in [1.54, 1.807) is 18.2 Å². The normalized spacial score (nSPS) is 10.8. The van der Waals surface area contributed by atoms with E-state index >= 15 is 0 Å². The third-order valence-corrected chi connectivity index (χ3v) is 4.23. The zero-order chi connectivity index (χ0) is 15.0. The molecule has 0 aliphatic heterocycles. The van der Waals surface area contributed by atoms with Gasteiger partial charge >= 0.3 is 0 Å². The van der Waals surface area contributed by atoms with Gasteiger partial charge in [0.1, 0.15) is 15.5 Å². The first-order valence-electron chi connectivity index (χ1n) is 6.12. The summed E-state index contributed by atoms with van der Waals surface area (Å²) >= 11 is 1.15. The highest BCUT2D eigenvalue weighted by molar-refractivity contribution is 7.21. The number of anilines is 2. The van der Waals surface area contributed by atoms with Gasteiger partial charge in [-0.3, -0.25) is 4.79 Å². The van der Waals surface area contributed by atoms with Gasteiger partial charge in [0.05, 0.1) is 17.6 Å². The number of fused-ring (bicyclic) bond motifs is 1. The van der Waals surface area contributed by atoms with E-state index in [-0.39, 0.29) is 11.6 Å². The highest BCUT2D eigenvalue weighted by atomic mass is 32.1. The van der Waals surface area contributed by atoms with Crippen LogP contribution in [0.15, 0.2) is 36.5 Å². The van der Waals surface area contributed by atoms with Crippen LogP contribution in [0.25, 0.3) is 10.2 Å². The lowest BCUT2D eigenvalue weighted by atomic mass is 10.2. The van der Waals surface area contributed by atoms with E-state index in [4.69, 9.17) is 5.73 Å². The van der Waals surface area contributed by atoms with Crippen LogP contribution in [0.5, 0.6) is 0 Å². The van der Waals surface area contributed by atoms with Crippen LogP contribution in [0.4, 0.5) is 15.8 Å². The van der Waals surface area contributed by atoms with Crippen LogP contribution in [0.3, 0.4) is 0 Å². The zero-order valence-corrected chi connectivity index (χ0v) is 11.9. The maximum absolute atomic E-state index is 13.8. The van der Waals surface area contributed by atoms with Crippen molar-refractivity contribution < 1.29 is 9.18 Å². The van der Waals surface area contributed by atoms with Crippen molar-refractivity contribution in [3.05, 3.63) is 47.2 Å². The largest absolute Gasteiger partial charge is 0.397 e. The smallest absolute Gasteiger partial charge is 0.270 e. The van der Waals surface area contributed by atoms with Gasteiger partial charge in [0.15, 0.2) is 0 Å². The molecule has 21 heavy (non-hydrogen) atoms. The van der Waals surface area contributed by atoms with Gasteiger partial charge in [0.25, 0.3) is 5.91 Å². The Morgan fingerprint density at radius 1 is 1.33 bits per heavy atom. The first-order chi connectivity index (χ1) is 10.1. The number of rotatable bonds is 2. The molecule has 1 aromatic carbocycles. The molecule has 0 fully saturated rings. The maximum atomic E-state index is 13.8. The Bertz CT molecular complexity index is 833. The molecule has 0 bridgehead atoms. The van der Waals surface area contributed by atoms with Crippen LogP contribution in [0.1, 0.15) is 9.67 Å². The molecule has 106 valence electrons. The summed E-state index contributed by atoms with van der Waals surface area (Å²) in [5, 5.41) is 8.38. The van der Waals surface area contributed by atoms with Crippen molar-refractivity contribution >= 4 is 38.8 Å². The molecule has 1 amide bonds. The van der Waals surface area contributed by atoms with Gasteiger partial charge in [-0.05, 0) is 18.2 Å². The average Bonchev–Trinajstić information content (AvgIpc) is 2.84. The average molecular weight is 302 g/mol. The minimum absolute atomic E-state index is 0.199. The fourth-order valence-corrected chi connectivity index (χ4v) is 3.03. The highest BCUT2D eigenvalue weighted by Gasteiger charge is 2.22. The number of carbonyl (C=O) groups excluding carboxylic acids is 1. The summed E-state index contributed by atoms with van der Waals surface area (Å²) in [6.07, 6.45) is 1.51. The molecular formula is C14H11FN4OS. The SMILES string of the molecule is CN(C(=O)c1sc2nnccc2c1N)c1ccccc1F. The summed E-state index contributed by atoms with van der Waals surface area (Å²) in [6.45, 7) is 0. The number of nitrogen functional groups attached to an aromatic ring is 1. The Labute approximate surface area is 123 Å². The number of halogens is 1. The molecule has 2 aromatic heterocycles. The molecule has 0 unspecified atom stereocenters. The van der Waals surface area contributed by atoms with E-state index in [2.05, 4.69) is 10.2 Å². The molecule has 5 nitrogen and oxygen atoms in total. The van der Waals surface area contributed by atoms with Gasteiger partial charge < -0.3 is 10.6 Å². The van der Waals surface area contributed by atoms with E-state index in [9.17, 15) is 9.18 Å². The summed E-state index contributed by atoms with van der Waals surface area (Å²) in [5.41, 5.74) is 6.54. The third kappa shape index (κ3) is 2.21. The van der Waals surface area contributed by atoms with Gasteiger partial charge in [0, 0.05) is 12.4 Å². The van der Waals surface area contributed by atoms with Gasteiger partial charge in [-0.25, -0.2) is 4.39 Å². The van der Waals surface area contributed by atoms with Crippen LogP contribution in [0.2, 0.25) is 0 Å². The topological polar surface area (TPSA) is 72.1 Å². The number of amides is 1. The van der Waals surface area contributed by atoms with Crippen LogP contribution >= 0.6 is 11.3 Å². The molecule has 0 aliphatic rings. The van der Waals surface area contributed by atoms with Crippen molar-refractivity contribution in [2.75, 3.05) is 17.7 Å². The Kier molecular flexibility index (Phi) is 3.26. The summed E-state index contributed by atoms with van der Waals surface area (Å²) in [4.78, 5) is 14.7. The number of hydrogen-bond acceptors (Lipinski definition) is 5. The second kappa shape index (κ2) is 5.10. The van der Waals surface area contributed by atoms with Crippen LogP contribution in [0, 0.1) is 5.82 Å². The highest BCUT2D eigenvalue weighted by Crippen LogP contribution is 2.33. The monoisotopic (exact) mass is 302 g/mol. The predicted octanol–water partition coefficient (Wildman–Crippen LogP) is 2.69. The number of para-hydroxylation sites is 1. The van der Waals surface area contributed by atoms with E-state index in [0.29, 0.717) is 20.8 Å². The molecule has 0 atom stereocenters. The molecular weight excluding hydrogens is 291 g/mol. The van der Waals surface area contributed by atoms with Gasteiger partial charge in [0.2, 0.25) is 0 Å². The number of nitrogens with zero attached hydrogens (tertiary/aromatic N) is 3. The first kappa shape index (κ1) is 13.4. The number of nitrogens with two attached hydrogens (primary N) is 1. The fraction of sp³-hybridized carbons (Fsp3) is 0.0714. The number of benzene rings is 1. The quantitative estimate of drug-likeness (QED) is 0.790. The van der Waals surface area contributed by atoms with Crippen molar-refractivity contribution in [2.24, 2.45) is 0 Å². The van der Waals surface area contributed by atoms with Crippen LogP contribution in [-0.4, -0.2) is 23.2 Å². The minimum atomic E-state index is -0.465. The Balaban J connectivity index is 2.04. The third-order valence-electron chi connectivity index (χ3n) is 3.13. The van der Waals surface area contributed by atoms with Crippen LogP contribution < -0.4 is 10.6 Å². The molecule has 7 heteroatoms. The van der Waals surface area contributed by atoms with Crippen LogP contribution in [-0.2, 0) is 0 Å². The van der Waals surface area contributed by atoms with Crippen molar-refractivity contribution in [1.29, 1.82) is 0 Å². The fourth-order valence-electron chi connectivity index (χ4n) is 2.02. The second-order valence-electron chi connectivity index (χ2n) is 4.41. The molecule has 0 saturated heterocycles. The lowest BCUT2D eigenvalue weighted by molar-refractivity contribution is 0.0997.